The van der Waals surface area contributed by atoms with Crippen LogP contribution in [0.5, 0.6) is 0 Å². The summed E-state index contributed by atoms with van der Waals surface area (Å²) in [4.78, 5) is 37.1. The van der Waals surface area contributed by atoms with Crippen LogP contribution in [-0.4, -0.2) is 35.2 Å². The molecular formula is C28H17F6N5O5. The van der Waals surface area contributed by atoms with E-state index in [4.69, 9.17) is 25.1 Å². The summed E-state index contributed by atoms with van der Waals surface area (Å²) >= 11 is 0. The van der Waals surface area contributed by atoms with Crippen molar-refractivity contribution in [1.29, 1.82) is 5.26 Å². The maximum atomic E-state index is 13.2. The average molecular weight is 617 g/mol. The van der Waals surface area contributed by atoms with Crippen molar-refractivity contribution in [2.24, 2.45) is 0 Å². The van der Waals surface area contributed by atoms with Gasteiger partial charge >= 0.3 is 12.4 Å². The van der Waals surface area contributed by atoms with E-state index in [1.54, 1.807) is 12.1 Å². The van der Waals surface area contributed by atoms with Gasteiger partial charge in [-0.05, 0) is 48.5 Å². The van der Waals surface area contributed by atoms with Gasteiger partial charge in [-0.25, -0.2) is 9.97 Å². The number of carboxylic acid groups (broad SMARTS) is 2. The van der Waals surface area contributed by atoms with E-state index in [0.717, 1.165) is 33.4 Å². The summed E-state index contributed by atoms with van der Waals surface area (Å²) in [6.07, 6.45) is -4.75. The highest BCUT2D eigenvalue weighted by Gasteiger charge is 2.29. The molecule has 3 aromatic heterocycles. The number of alkyl halides is 6. The second-order valence-corrected chi connectivity index (χ2v) is 8.47. The van der Waals surface area contributed by atoms with Crippen LogP contribution in [0.1, 0.15) is 16.1 Å². The summed E-state index contributed by atoms with van der Waals surface area (Å²) in [6.45, 7) is 0. The number of imidazole rings is 1. The number of amides is 1. The molecule has 0 unspecified atom stereocenters. The number of anilines is 1. The molecular weight excluding hydrogens is 600 g/mol. The fourth-order valence-corrected chi connectivity index (χ4v) is 3.63. The van der Waals surface area contributed by atoms with Gasteiger partial charge in [0.15, 0.2) is 17.9 Å². The maximum absolute atomic E-state index is 13.2. The molecule has 2 aromatic carbocycles. The Labute approximate surface area is 242 Å². The van der Waals surface area contributed by atoms with Crippen molar-refractivity contribution in [2.45, 2.75) is 12.4 Å². The monoisotopic (exact) mass is 617 g/mol. The van der Waals surface area contributed by atoms with Gasteiger partial charge in [0, 0.05) is 22.5 Å². The summed E-state index contributed by atoms with van der Waals surface area (Å²) in [5.41, 5.74) is 3.45. The Balaban J connectivity index is 0.000000317. The number of aromatic amines is 2. The first-order valence-corrected chi connectivity index (χ1v) is 11.9. The topological polar surface area (TPSA) is 167 Å². The molecule has 0 aliphatic heterocycles. The fourth-order valence-electron chi connectivity index (χ4n) is 3.63. The minimum atomic E-state index is -5.19. The lowest BCUT2D eigenvalue weighted by atomic mass is 10.1. The molecule has 0 fully saturated rings. The van der Waals surface area contributed by atoms with Crippen LogP contribution >= 0.6 is 0 Å². The number of benzene rings is 2. The Morgan fingerprint density at radius 1 is 0.864 bits per heavy atom. The molecule has 0 aliphatic rings. The van der Waals surface area contributed by atoms with Crippen LogP contribution in [0.4, 0.5) is 32.0 Å². The number of H-pyrrole nitrogens is 2. The normalized spacial score (nSPS) is 10.9. The van der Waals surface area contributed by atoms with E-state index < -0.39 is 24.3 Å². The molecule has 44 heavy (non-hydrogen) atoms. The second kappa shape index (κ2) is 13.3. The number of rotatable bonds is 3. The summed E-state index contributed by atoms with van der Waals surface area (Å²) in [5, 5.41) is 31.6. The molecule has 3 N–H and O–H groups in total. The molecule has 5 aromatic rings. The number of aliphatic carboxylic acids is 2. The summed E-state index contributed by atoms with van der Waals surface area (Å²) in [6, 6.07) is 22.8. The zero-order valence-corrected chi connectivity index (χ0v) is 21.8. The summed E-state index contributed by atoms with van der Waals surface area (Å²) < 4.78 is 65.0. The van der Waals surface area contributed by atoms with Crippen LogP contribution in [0.2, 0.25) is 0 Å². The van der Waals surface area contributed by atoms with E-state index >= 15 is 0 Å². The van der Waals surface area contributed by atoms with Crippen LogP contribution in [0.15, 0.2) is 85.3 Å². The first kappa shape index (κ1) is 32.5. The number of carbonyl (C=O) groups is 3. The van der Waals surface area contributed by atoms with Crippen molar-refractivity contribution in [2.75, 3.05) is 5.32 Å². The van der Waals surface area contributed by atoms with Crippen LogP contribution < -0.4 is 24.9 Å². The van der Waals surface area contributed by atoms with Gasteiger partial charge in [0.05, 0.1) is 23.4 Å². The van der Waals surface area contributed by atoms with Gasteiger partial charge in [0.25, 0.3) is 11.7 Å². The molecule has 16 heteroatoms. The maximum Gasteiger partial charge on any atom is 0.430 e. The van der Waals surface area contributed by atoms with Crippen molar-refractivity contribution in [1.82, 2.24) is 4.98 Å². The van der Waals surface area contributed by atoms with Gasteiger partial charge in [-0.15, -0.1) is 0 Å². The second-order valence-electron chi connectivity index (χ2n) is 8.47. The number of carboxylic acids is 2. The lowest BCUT2D eigenvalue weighted by molar-refractivity contribution is -0.498. The third kappa shape index (κ3) is 8.06. The molecule has 226 valence electrons. The van der Waals surface area contributed by atoms with Gasteiger partial charge in [-0.3, -0.25) is 4.79 Å². The molecule has 0 atom stereocenters. The van der Waals surface area contributed by atoms with Crippen LogP contribution in [0, 0.1) is 11.3 Å². The highest BCUT2D eigenvalue weighted by molar-refractivity contribution is 6.10. The summed E-state index contributed by atoms with van der Waals surface area (Å²) in [7, 11) is 0. The van der Waals surface area contributed by atoms with Crippen LogP contribution in [0.3, 0.4) is 0 Å². The van der Waals surface area contributed by atoms with E-state index in [1.807, 2.05) is 77.6 Å². The van der Waals surface area contributed by atoms with Gasteiger partial charge in [0.2, 0.25) is 5.69 Å². The van der Waals surface area contributed by atoms with E-state index in [9.17, 15) is 31.1 Å². The third-order valence-electron chi connectivity index (χ3n) is 5.55. The highest BCUT2D eigenvalue weighted by Crippen LogP contribution is 2.24. The Morgan fingerprint density at radius 3 is 2.05 bits per heavy atom. The Morgan fingerprint density at radius 2 is 1.48 bits per heavy atom. The number of fused-ring (bicyclic) bond motifs is 2. The largest absolute Gasteiger partial charge is 0.542 e. The molecule has 0 saturated carbocycles. The van der Waals surface area contributed by atoms with E-state index in [2.05, 4.69) is 21.4 Å². The van der Waals surface area contributed by atoms with Crippen molar-refractivity contribution in [3.05, 3.63) is 96.6 Å². The molecule has 10 nitrogen and oxygen atoms in total. The van der Waals surface area contributed by atoms with Gasteiger partial charge in [0.1, 0.15) is 11.9 Å². The first-order chi connectivity index (χ1) is 20.6. The number of nitriles is 1. The lowest BCUT2D eigenvalue weighted by Crippen LogP contribution is -2.37. The molecule has 3 heterocycles. The molecule has 0 radical (unpaired) electrons. The van der Waals surface area contributed by atoms with Crippen molar-refractivity contribution < 1.29 is 60.3 Å². The third-order valence-corrected chi connectivity index (χ3v) is 5.55. The van der Waals surface area contributed by atoms with Crippen LogP contribution in [-0.2, 0) is 9.59 Å². The number of carbonyl (C=O) groups excluding carboxylic acids is 3. The van der Waals surface area contributed by atoms with Gasteiger partial charge in [-0.2, -0.15) is 36.0 Å². The molecule has 1 amide bonds. The average Bonchev–Trinajstić information content (AvgIpc) is 3.37. The van der Waals surface area contributed by atoms with Gasteiger partial charge in [-0.1, -0.05) is 12.1 Å². The first-order valence-electron chi connectivity index (χ1n) is 11.9. The predicted octanol–water partition coefficient (Wildman–Crippen LogP) is 2.11. The number of nitrogens with one attached hydrogen (secondary N) is 3. The highest BCUT2D eigenvalue weighted by atomic mass is 19.4. The predicted molar refractivity (Wildman–Crippen MR) is 135 cm³/mol. The van der Waals surface area contributed by atoms with Crippen molar-refractivity contribution in [3.8, 4) is 17.5 Å². The number of nitrogens with zero attached hydrogens (tertiary/aromatic N) is 2. The Kier molecular flexibility index (Phi) is 9.86. The standard InChI is InChI=1S/C24H15N5O.2C2HF3O2/c25-14-16-7-9-17(10-8-16)23-28-22(21-6-1-2-13-29(21)23)24(30)27-20-5-3-4-18-15-26-12-11-19(18)20;2*3-2(4,5)1(6)7/h1-13,15H,(H,27,30);2*(H,6,7). The zero-order valence-electron chi connectivity index (χ0n) is 21.8. The number of hydrogen-bond donors (Lipinski definition) is 2. The molecule has 0 aliphatic carbocycles. The molecule has 0 bridgehead atoms. The molecule has 0 saturated heterocycles. The SMILES string of the molecule is N#Cc1ccc(-c2[nH]c(C(=O)Nc3cccc4c[nH+]ccc34)c3cccc[n+]23)cc1.O=C([O-])C(F)(F)F.O=C([O-])C(F)(F)F. The van der Waals surface area contributed by atoms with E-state index in [1.165, 1.54) is 0 Å². The Bertz CT molecular complexity index is 1830. The minimum Gasteiger partial charge on any atom is -0.542 e. The smallest absolute Gasteiger partial charge is 0.430 e. The number of aromatic nitrogens is 3. The van der Waals surface area contributed by atoms with Crippen molar-refractivity contribution >= 4 is 39.8 Å². The quantitative estimate of drug-likeness (QED) is 0.232. The number of pyridine rings is 2. The lowest BCUT2D eigenvalue weighted by Gasteiger charge is -2.05. The van der Waals surface area contributed by atoms with E-state index in [0.29, 0.717) is 11.3 Å². The van der Waals surface area contributed by atoms with E-state index in [-0.39, 0.29) is 5.91 Å². The van der Waals surface area contributed by atoms with Gasteiger partial charge < -0.3 is 25.1 Å². The Hall–Kier alpha value is -5.98. The zero-order chi connectivity index (χ0) is 32.7. The van der Waals surface area contributed by atoms with Crippen molar-refractivity contribution in [3.63, 3.8) is 0 Å². The summed E-state index contributed by atoms with van der Waals surface area (Å²) in [5.74, 6) is -5.47. The number of hydrogen-bond acceptors (Lipinski definition) is 6. The molecule has 0 spiro atoms. The fraction of sp³-hybridized carbons (Fsp3) is 0.0714. The molecule has 5 rings (SSSR count). The minimum absolute atomic E-state index is 0.223. The number of halogens is 6. The van der Waals surface area contributed by atoms with Crippen LogP contribution in [0.25, 0.3) is 27.7 Å².